The predicted molar refractivity (Wildman–Crippen MR) is 124 cm³/mol. The lowest BCUT2D eigenvalue weighted by atomic mass is 10.1. The van der Waals surface area contributed by atoms with Crippen molar-refractivity contribution in [2.45, 2.75) is 52.2 Å². The van der Waals surface area contributed by atoms with E-state index in [9.17, 15) is 0 Å². The average Bonchev–Trinajstić information content (AvgIpc) is 3.43. The van der Waals surface area contributed by atoms with E-state index in [1.165, 1.54) is 5.56 Å². The number of methoxy groups -OCH3 is 1. The highest BCUT2D eigenvalue weighted by Gasteiger charge is 2.16. The quantitative estimate of drug-likeness (QED) is 0.312. The number of aromatic nitrogens is 3. The van der Waals surface area contributed by atoms with E-state index in [-0.39, 0.29) is 6.10 Å². The average molecular weight is 445 g/mol. The highest BCUT2D eigenvalue weighted by atomic mass is 16.5. The van der Waals surface area contributed by atoms with Gasteiger partial charge in [-0.25, -0.2) is 4.99 Å². The van der Waals surface area contributed by atoms with Gasteiger partial charge in [0.25, 0.3) is 0 Å². The van der Waals surface area contributed by atoms with Gasteiger partial charge in [0.1, 0.15) is 12.4 Å². The third kappa shape index (κ3) is 6.85. The van der Waals surface area contributed by atoms with Crippen molar-refractivity contribution in [3.05, 3.63) is 35.4 Å². The second-order valence-electron chi connectivity index (χ2n) is 7.85. The molecule has 0 spiro atoms. The summed E-state index contributed by atoms with van der Waals surface area (Å²) in [6.45, 7) is 7.38. The fraction of sp³-hybridized carbons (Fsp3) is 0.609. The van der Waals surface area contributed by atoms with Crippen LogP contribution in [-0.4, -0.2) is 60.2 Å². The van der Waals surface area contributed by atoms with E-state index in [1.54, 1.807) is 7.11 Å². The second kappa shape index (κ2) is 12.3. The third-order valence-corrected chi connectivity index (χ3v) is 5.55. The van der Waals surface area contributed by atoms with E-state index in [0.29, 0.717) is 13.2 Å². The van der Waals surface area contributed by atoms with Crippen LogP contribution in [0.2, 0.25) is 0 Å². The van der Waals surface area contributed by atoms with Crippen LogP contribution >= 0.6 is 0 Å². The number of nitrogens with zero attached hydrogens (tertiary/aromatic N) is 4. The van der Waals surface area contributed by atoms with Crippen molar-refractivity contribution in [1.82, 2.24) is 25.4 Å². The standard InChI is InChI=1S/C23H36N6O3/c1-5-31-21-14-18(10-11-20(21)30-4)8-6-12-24-23(25-15-19-9-7-13-32-19)26-16-22-28-27-17(2)29(22)3/h10-11,14,19H,5-9,12-13,15-16H2,1-4H3,(H2,24,25,26). The van der Waals surface area contributed by atoms with Crippen LogP contribution in [0.15, 0.2) is 23.2 Å². The molecular weight excluding hydrogens is 408 g/mol. The zero-order valence-corrected chi connectivity index (χ0v) is 19.7. The minimum absolute atomic E-state index is 0.246. The van der Waals surface area contributed by atoms with Gasteiger partial charge in [-0.2, -0.15) is 0 Å². The van der Waals surface area contributed by atoms with Crippen molar-refractivity contribution >= 4 is 5.96 Å². The fourth-order valence-corrected chi connectivity index (χ4v) is 3.57. The number of guanidine groups is 1. The van der Waals surface area contributed by atoms with Crippen molar-refractivity contribution in [3.8, 4) is 11.5 Å². The monoisotopic (exact) mass is 444 g/mol. The summed E-state index contributed by atoms with van der Waals surface area (Å²) in [6, 6.07) is 6.11. The Morgan fingerprint density at radius 1 is 1.28 bits per heavy atom. The van der Waals surface area contributed by atoms with Gasteiger partial charge in [-0.05, 0) is 57.2 Å². The highest BCUT2D eigenvalue weighted by Crippen LogP contribution is 2.28. The lowest BCUT2D eigenvalue weighted by Gasteiger charge is -2.16. The van der Waals surface area contributed by atoms with Crippen LogP contribution in [0.25, 0.3) is 0 Å². The zero-order chi connectivity index (χ0) is 22.8. The summed E-state index contributed by atoms with van der Waals surface area (Å²) in [5.74, 6) is 4.04. The fourth-order valence-electron chi connectivity index (χ4n) is 3.57. The van der Waals surface area contributed by atoms with E-state index >= 15 is 0 Å². The molecule has 1 fully saturated rings. The summed E-state index contributed by atoms with van der Waals surface area (Å²) in [5, 5.41) is 15.2. The maximum Gasteiger partial charge on any atom is 0.191 e. The molecule has 176 valence electrons. The molecule has 1 aromatic carbocycles. The molecule has 0 aliphatic carbocycles. The van der Waals surface area contributed by atoms with Gasteiger partial charge in [0.15, 0.2) is 23.3 Å². The molecule has 32 heavy (non-hydrogen) atoms. The first-order valence-corrected chi connectivity index (χ1v) is 11.4. The molecule has 0 bridgehead atoms. The molecule has 1 atom stereocenters. The van der Waals surface area contributed by atoms with Crippen molar-refractivity contribution in [1.29, 1.82) is 0 Å². The molecule has 1 aliphatic rings. The summed E-state index contributed by atoms with van der Waals surface area (Å²) in [5.41, 5.74) is 1.22. The largest absolute Gasteiger partial charge is 0.493 e. The molecule has 1 aliphatic heterocycles. The number of nitrogens with one attached hydrogen (secondary N) is 2. The van der Waals surface area contributed by atoms with Gasteiger partial charge in [0.05, 0.1) is 19.8 Å². The molecule has 0 amide bonds. The van der Waals surface area contributed by atoms with E-state index in [2.05, 4.69) is 33.0 Å². The number of ether oxygens (including phenoxy) is 3. The number of rotatable bonds is 11. The van der Waals surface area contributed by atoms with Crippen LogP contribution in [0.4, 0.5) is 0 Å². The van der Waals surface area contributed by atoms with Crippen LogP contribution in [0, 0.1) is 6.92 Å². The molecule has 0 saturated carbocycles. The van der Waals surface area contributed by atoms with Crippen LogP contribution in [0.5, 0.6) is 11.5 Å². The predicted octanol–water partition coefficient (Wildman–Crippen LogP) is 2.38. The van der Waals surface area contributed by atoms with Crippen molar-refractivity contribution in [3.63, 3.8) is 0 Å². The lowest BCUT2D eigenvalue weighted by Crippen LogP contribution is -2.41. The number of benzene rings is 1. The number of aliphatic imine (C=N–C) groups is 1. The summed E-state index contributed by atoms with van der Waals surface area (Å²) < 4.78 is 18.7. The van der Waals surface area contributed by atoms with E-state index in [1.807, 2.05) is 31.5 Å². The molecule has 3 rings (SSSR count). The topological polar surface area (TPSA) is 94.8 Å². The maximum absolute atomic E-state index is 5.73. The Morgan fingerprint density at radius 2 is 2.16 bits per heavy atom. The Hall–Kier alpha value is -2.81. The van der Waals surface area contributed by atoms with E-state index < -0.39 is 0 Å². The number of hydrogen-bond donors (Lipinski definition) is 2. The van der Waals surface area contributed by atoms with Gasteiger partial charge in [-0.3, -0.25) is 0 Å². The first-order chi connectivity index (χ1) is 15.6. The summed E-state index contributed by atoms with van der Waals surface area (Å²) in [7, 11) is 3.62. The zero-order valence-electron chi connectivity index (χ0n) is 19.7. The van der Waals surface area contributed by atoms with Gasteiger partial charge in [-0.15, -0.1) is 10.2 Å². The Kier molecular flexibility index (Phi) is 9.15. The van der Waals surface area contributed by atoms with Gasteiger partial charge >= 0.3 is 0 Å². The number of aryl methyl sites for hydroxylation is 2. The molecule has 9 nitrogen and oxygen atoms in total. The van der Waals surface area contributed by atoms with Gasteiger partial charge < -0.3 is 29.4 Å². The molecule has 2 N–H and O–H groups in total. The SMILES string of the molecule is CCOc1cc(CCCNC(=NCc2nnc(C)n2C)NCC2CCCO2)ccc1OC. The number of hydrogen-bond acceptors (Lipinski definition) is 6. The normalized spacial score (nSPS) is 16.2. The first kappa shape index (κ1) is 23.8. The van der Waals surface area contributed by atoms with Gasteiger partial charge in [0.2, 0.25) is 0 Å². The van der Waals surface area contributed by atoms with Crippen LogP contribution in [-0.2, 0) is 24.8 Å². The molecule has 1 unspecified atom stereocenters. The van der Waals surface area contributed by atoms with E-state index in [4.69, 9.17) is 19.2 Å². The van der Waals surface area contributed by atoms with Crippen molar-refractivity contribution in [2.24, 2.45) is 12.0 Å². The molecular formula is C23H36N6O3. The molecule has 2 aromatic rings. The van der Waals surface area contributed by atoms with Gasteiger partial charge in [-0.1, -0.05) is 6.07 Å². The Morgan fingerprint density at radius 3 is 2.84 bits per heavy atom. The molecule has 0 radical (unpaired) electrons. The minimum atomic E-state index is 0.246. The van der Waals surface area contributed by atoms with Crippen LogP contribution in [0.3, 0.4) is 0 Å². The van der Waals surface area contributed by atoms with Crippen LogP contribution < -0.4 is 20.1 Å². The summed E-state index contributed by atoms with van der Waals surface area (Å²) >= 11 is 0. The van der Waals surface area contributed by atoms with Crippen molar-refractivity contribution < 1.29 is 14.2 Å². The van der Waals surface area contributed by atoms with E-state index in [0.717, 1.165) is 74.5 Å². The minimum Gasteiger partial charge on any atom is -0.493 e. The highest BCUT2D eigenvalue weighted by molar-refractivity contribution is 5.79. The Balaban J connectivity index is 1.53. The second-order valence-corrected chi connectivity index (χ2v) is 7.85. The molecule has 2 heterocycles. The smallest absolute Gasteiger partial charge is 0.191 e. The summed E-state index contributed by atoms with van der Waals surface area (Å²) in [4.78, 5) is 4.71. The lowest BCUT2D eigenvalue weighted by molar-refractivity contribution is 0.114. The van der Waals surface area contributed by atoms with Crippen molar-refractivity contribution in [2.75, 3.05) is 33.4 Å². The summed E-state index contributed by atoms with van der Waals surface area (Å²) in [6.07, 6.45) is 4.34. The maximum atomic E-state index is 5.73. The molecule has 1 aromatic heterocycles. The molecule has 9 heteroatoms. The van der Waals surface area contributed by atoms with Crippen LogP contribution in [0.1, 0.15) is 43.4 Å². The van der Waals surface area contributed by atoms with Gasteiger partial charge in [0, 0.05) is 26.7 Å². The Labute approximate surface area is 190 Å². The first-order valence-electron chi connectivity index (χ1n) is 11.4. The third-order valence-electron chi connectivity index (χ3n) is 5.55. The molecule has 1 saturated heterocycles. The Bertz CT molecular complexity index is 877.